The van der Waals surface area contributed by atoms with Crippen molar-refractivity contribution < 1.29 is 0 Å². The average Bonchev–Trinajstić information content (AvgIpc) is 2.31. The predicted molar refractivity (Wildman–Crippen MR) is 79.7 cm³/mol. The van der Waals surface area contributed by atoms with Crippen LogP contribution in [0.2, 0.25) is 5.02 Å². The van der Waals surface area contributed by atoms with Crippen molar-refractivity contribution in [2.75, 3.05) is 12.4 Å². The molecule has 1 aromatic heterocycles. The van der Waals surface area contributed by atoms with Gasteiger partial charge in [-0.15, -0.1) is 0 Å². The van der Waals surface area contributed by atoms with Crippen LogP contribution in [0, 0.1) is 6.92 Å². The molecular formula is C15H19ClN2. The molecule has 0 fully saturated rings. The van der Waals surface area contributed by atoms with E-state index in [1.165, 1.54) is 0 Å². The molecule has 1 heterocycles. The van der Waals surface area contributed by atoms with E-state index in [4.69, 9.17) is 16.6 Å². The summed E-state index contributed by atoms with van der Waals surface area (Å²) in [7, 11) is 1.92. The SMILES string of the molecule is CNc1cc(C(C)(C)C)nc2c(C)ccc(Cl)c12. The molecule has 0 aliphatic heterocycles. The molecule has 0 bridgehead atoms. The lowest BCUT2D eigenvalue weighted by Gasteiger charge is -2.21. The number of hydrogen-bond donors (Lipinski definition) is 1. The van der Waals surface area contributed by atoms with Gasteiger partial charge in [-0.25, -0.2) is 0 Å². The van der Waals surface area contributed by atoms with Crippen LogP contribution in [0.4, 0.5) is 5.69 Å². The van der Waals surface area contributed by atoms with Gasteiger partial charge in [0.1, 0.15) is 0 Å². The molecule has 3 heteroatoms. The van der Waals surface area contributed by atoms with E-state index < -0.39 is 0 Å². The maximum absolute atomic E-state index is 6.30. The first-order valence-corrected chi connectivity index (χ1v) is 6.50. The van der Waals surface area contributed by atoms with E-state index in [1.807, 2.05) is 19.2 Å². The minimum atomic E-state index is 0.0224. The number of nitrogens with one attached hydrogen (secondary N) is 1. The zero-order valence-electron chi connectivity index (χ0n) is 11.6. The number of benzene rings is 1. The van der Waals surface area contributed by atoms with Gasteiger partial charge in [0, 0.05) is 29.2 Å². The topological polar surface area (TPSA) is 24.9 Å². The second kappa shape index (κ2) is 4.43. The minimum Gasteiger partial charge on any atom is -0.387 e. The molecule has 1 aromatic carbocycles. The lowest BCUT2D eigenvalue weighted by Crippen LogP contribution is -2.14. The summed E-state index contributed by atoms with van der Waals surface area (Å²) in [6.07, 6.45) is 0. The quantitative estimate of drug-likeness (QED) is 0.816. The summed E-state index contributed by atoms with van der Waals surface area (Å²) in [5.41, 5.74) is 4.27. The zero-order chi connectivity index (χ0) is 13.5. The summed E-state index contributed by atoms with van der Waals surface area (Å²) in [5, 5.41) is 4.98. The molecule has 0 spiro atoms. The smallest absolute Gasteiger partial charge is 0.0770 e. The first kappa shape index (κ1) is 13.2. The Balaban J connectivity index is 2.88. The molecule has 0 aliphatic carbocycles. The van der Waals surface area contributed by atoms with Gasteiger partial charge in [-0.3, -0.25) is 4.98 Å². The maximum atomic E-state index is 6.30. The lowest BCUT2D eigenvalue weighted by atomic mass is 9.90. The van der Waals surface area contributed by atoms with Crippen molar-refractivity contribution in [2.24, 2.45) is 0 Å². The van der Waals surface area contributed by atoms with Crippen LogP contribution in [-0.4, -0.2) is 12.0 Å². The highest BCUT2D eigenvalue weighted by molar-refractivity contribution is 6.36. The summed E-state index contributed by atoms with van der Waals surface area (Å²) < 4.78 is 0. The second-order valence-corrected chi connectivity index (χ2v) is 6.05. The van der Waals surface area contributed by atoms with E-state index in [0.717, 1.165) is 32.9 Å². The van der Waals surface area contributed by atoms with Crippen LogP contribution < -0.4 is 5.32 Å². The highest BCUT2D eigenvalue weighted by Gasteiger charge is 2.19. The van der Waals surface area contributed by atoms with E-state index in [2.05, 4.69) is 39.1 Å². The Labute approximate surface area is 113 Å². The number of halogens is 1. The Morgan fingerprint density at radius 3 is 2.44 bits per heavy atom. The van der Waals surface area contributed by atoms with Crippen LogP contribution in [0.1, 0.15) is 32.0 Å². The molecule has 0 saturated carbocycles. The molecule has 2 nitrogen and oxygen atoms in total. The Morgan fingerprint density at radius 2 is 1.89 bits per heavy atom. The molecule has 96 valence electrons. The van der Waals surface area contributed by atoms with Crippen LogP contribution in [0.5, 0.6) is 0 Å². The third-order valence-electron chi connectivity index (χ3n) is 3.15. The average molecular weight is 263 g/mol. The van der Waals surface area contributed by atoms with Crippen molar-refractivity contribution in [3.63, 3.8) is 0 Å². The molecule has 0 aliphatic rings. The van der Waals surface area contributed by atoms with E-state index in [1.54, 1.807) is 0 Å². The third kappa shape index (κ3) is 2.17. The second-order valence-electron chi connectivity index (χ2n) is 5.64. The zero-order valence-corrected chi connectivity index (χ0v) is 12.3. The fraction of sp³-hybridized carbons (Fsp3) is 0.400. The fourth-order valence-electron chi connectivity index (χ4n) is 2.01. The van der Waals surface area contributed by atoms with Gasteiger partial charge in [-0.05, 0) is 24.6 Å². The Hall–Kier alpha value is -1.28. The number of anilines is 1. The van der Waals surface area contributed by atoms with Crippen molar-refractivity contribution in [1.29, 1.82) is 0 Å². The monoisotopic (exact) mass is 262 g/mol. The number of aryl methyl sites for hydroxylation is 1. The van der Waals surface area contributed by atoms with Crippen LogP contribution in [0.3, 0.4) is 0 Å². The van der Waals surface area contributed by atoms with Crippen LogP contribution in [-0.2, 0) is 5.41 Å². The molecular weight excluding hydrogens is 244 g/mol. The third-order valence-corrected chi connectivity index (χ3v) is 3.46. The number of pyridine rings is 1. The largest absolute Gasteiger partial charge is 0.387 e. The number of aromatic nitrogens is 1. The van der Waals surface area contributed by atoms with Crippen LogP contribution in [0.15, 0.2) is 18.2 Å². The van der Waals surface area contributed by atoms with Gasteiger partial charge in [0.15, 0.2) is 0 Å². The number of fused-ring (bicyclic) bond motifs is 1. The highest BCUT2D eigenvalue weighted by atomic mass is 35.5. The number of nitrogens with zero attached hydrogens (tertiary/aromatic N) is 1. The van der Waals surface area contributed by atoms with Gasteiger partial charge in [-0.1, -0.05) is 38.4 Å². The van der Waals surface area contributed by atoms with E-state index in [0.29, 0.717) is 0 Å². The normalized spacial score (nSPS) is 11.9. The van der Waals surface area contributed by atoms with Crippen molar-refractivity contribution in [3.8, 4) is 0 Å². The first-order chi connectivity index (χ1) is 8.34. The summed E-state index contributed by atoms with van der Waals surface area (Å²) in [4.78, 5) is 4.79. The predicted octanol–water partition coefficient (Wildman–Crippen LogP) is 4.54. The van der Waals surface area contributed by atoms with Crippen LogP contribution >= 0.6 is 11.6 Å². The molecule has 1 N–H and O–H groups in total. The van der Waals surface area contributed by atoms with Crippen molar-refractivity contribution in [2.45, 2.75) is 33.1 Å². The molecule has 0 amide bonds. The van der Waals surface area contributed by atoms with Crippen molar-refractivity contribution >= 4 is 28.2 Å². The van der Waals surface area contributed by atoms with E-state index in [-0.39, 0.29) is 5.41 Å². The summed E-state index contributed by atoms with van der Waals surface area (Å²) in [6, 6.07) is 6.04. The van der Waals surface area contributed by atoms with Gasteiger partial charge in [0.25, 0.3) is 0 Å². The van der Waals surface area contributed by atoms with Gasteiger partial charge in [0.05, 0.1) is 10.5 Å². The van der Waals surface area contributed by atoms with Crippen LogP contribution in [0.25, 0.3) is 10.9 Å². The molecule has 18 heavy (non-hydrogen) atoms. The molecule has 2 rings (SSSR count). The molecule has 0 radical (unpaired) electrons. The summed E-state index contributed by atoms with van der Waals surface area (Å²) in [5.74, 6) is 0. The number of rotatable bonds is 1. The summed E-state index contributed by atoms with van der Waals surface area (Å²) in [6.45, 7) is 8.57. The van der Waals surface area contributed by atoms with E-state index in [9.17, 15) is 0 Å². The molecule has 0 saturated heterocycles. The standard InChI is InChI=1S/C15H19ClN2/c1-9-6-7-10(16)13-11(17-5)8-12(15(2,3)4)18-14(9)13/h6-8H,1-5H3,(H,17,18). The maximum Gasteiger partial charge on any atom is 0.0770 e. The van der Waals surface area contributed by atoms with E-state index >= 15 is 0 Å². The minimum absolute atomic E-state index is 0.0224. The molecule has 0 unspecified atom stereocenters. The van der Waals surface area contributed by atoms with Gasteiger partial charge in [-0.2, -0.15) is 0 Å². The lowest BCUT2D eigenvalue weighted by molar-refractivity contribution is 0.571. The van der Waals surface area contributed by atoms with Crippen molar-refractivity contribution in [3.05, 3.63) is 34.5 Å². The van der Waals surface area contributed by atoms with Gasteiger partial charge >= 0.3 is 0 Å². The Morgan fingerprint density at radius 1 is 1.22 bits per heavy atom. The van der Waals surface area contributed by atoms with Gasteiger partial charge < -0.3 is 5.32 Å². The summed E-state index contributed by atoms with van der Waals surface area (Å²) >= 11 is 6.30. The van der Waals surface area contributed by atoms with Crippen molar-refractivity contribution in [1.82, 2.24) is 4.98 Å². The first-order valence-electron chi connectivity index (χ1n) is 6.12. The highest BCUT2D eigenvalue weighted by Crippen LogP contribution is 2.34. The Kier molecular flexibility index (Phi) is 3.24. The molecule has 2 aromatic rings. The fourth-order valence-corrected chi connectivity index (χ4v) is 2.27. The van der Waals surface area contributed by atoms with Gasteiger partial charge in [0.2, 0.25) is 0 Å². The molecule has 0 atom stereocenters. The number of hydrogen-bond acceptors (Lipinski definition) is 2. The Bertz CT molecular complexity index is 597.